The highest BCUT2D eigenvalue weighted by Gasteiger charge is 2.42. The molecule has 0 heterocycles. The normalized spacial score (nSPS) is 22.8. The molecule has 1 atom stereocenters. The van der Waals surface area contributed by atoms with Crippen LogP contribution in [0.3, 0.4) is 0 Å². The molecule has 0 saturated heterocycles. The van der Waals surface area contributed by atoms with Crippen LogP contribution in [0, 0.1) is 5.41 Å². The van der Waals surface area contributed by atoms with E-state index in [4.69, 9.17) is 0 Å². The lowest BCUT2D eigenvalue weighted by molar-refractivity contribution is 0.213. The summed E-state index contributed by atoms with van der Waals surface area (Å²) in [4.78, 5) is 2.48. The molecule has 0 radical (unpaired) electrons. The Morgan fingerprint density at radius 2 is 2.08 bits per heavy atom. The molecule has 1 aliphatic rings. The molecule has 0 spiro atoms. The van der Waals surface area contributed by atoms with Crippen LogP contribution in [0.25, 0.3) is 0 Å². The van der Waals surface area contributed by atoms with Gasteiger partial charge >= 0.3 is 0 Å². The van der Waals surface area contributed by atoms with Gasteiger partial charge in [-0.05, 0) is 44.4 Å². The molecule has 0 aromatic rings. The minimum atomic E-state index is 0.585. The van der Waals surface area contributed by atoms with E-state index in [1.807, 2.05) is 0 Å². The molecule has 12 heavy (non-hydrogen) atoms. The average Bonchev–Trinajstić information content (AvgIpc) is 2.84. The Kier molecular flexibility index (Phi) is 3.47. The van der Waals surface area contributed by atoms with Crippen LogP contribution >= 0.6 is 12.6 Å². The lowest BCUT2D eigenvalue weighted by atomic mass is 10.1. The first kappa shape index (κ1) is 10.4. The topological polar surface area (TPSA) is 3.24 Å². The van der Waals surface area contributed by atoms with Gasteiger partial charge in [0.15, 0.2) is 0 Å². The van der Waals surface area contributed by atoms with Crippen LogP contribution in [0.2, 0.25) is 0 Å². The van der Waals surface area contributed by atoms with Crippen molar-refractivity contribution in [3.8, 4) is 0 Å². The smallest absolute Gasteiger partial charge is 0.00614 e. The van der Waals surface area contributed by atoms with Crippen molar-refractivity contribution in [2.75, 3.05) is 19.3 Å². The van der Waals surface area contributed by atoms with Crippen LogP contribution in [-0.4, -0.2) is 30.3 Å². The Morgan fingerprint density at radius 1 is 1.50 bits per heavy atom. The average molecular weight is 187 g/mol. The molecule has 0 bridgehead atoms. The summed E-state index contributed by atoms with van der Waals surface area (Å²) in [6.45, 7) is 5.79. The number of rotatable bonds is 5. The first-order valence-electron chi connectivity index (χ1n) is 4.94. The first-order chi connectivity index (χ1) is 5.63. The van der Waals surface area contributed by atoms with Gasteiger partial charge in [0.2, 0.25) is 0 Å². The van der Waals surface area contributed by atoms with Crippen molar-refractivity contribution in [2.45, 2.75) is 39.2 Å². The van der Waals surface area contributed by atoms with E-state index in [0.29, 0.717) is 5.41 Å². The summed E-state index contributed by atoms with van der Waals surface area (Å²) >= 11 is 4.41. The minimum Gasteiger partial charge on any atom is -0.303 e. The van der Waals surface area contributed by atoms with Crippen molar-refractivity contribution >= 4 is 12.6 Å². The van der Waals surface area contributed by atoms with Crippen LogP contribution in [0.4, 0.5) is 0 Å². The fourth-order valence-electron chi connectivity index (χ4n) is 1.54. The van der Waals surface area contributed by atoms with Gasteiger partial charge in [-0.1, -0.05) is 6.92 Å². The van der Waals surface area contributed by atoms with Gasteiger partial charge < -0.3 is 4.90 Å². The van der Waals surface area contributed by atoms with Gasteiger partial charge in [0.1, 0.15) is 0 Å². The molecule has 72 valence electrons. The van der Waals surface area contributed by atoms with Crippen molar-refractivity contribution in [1.29, 1.82) is 0 Å². The third-order valence-corrected chi connectivity index (χ3v) is 3.89. The zero-order chi connectivity index (χ0) is 9.19. The Bertz CT molecular complexity index is 143. The molecular formula is C10H21NS. The molecule has 0 aliphatic heterocycles. The van der Waals surface area contributed by atoms with Crippen molar-refractivity contribution in [1.82, 2.24) is 4.90 Å². The largest absolute Gasteiger partial charge is 0.303 e. The standard InChI is InChI=1S/C10H21NS/c1-4-9(2)11(3)7-10(8-12)5-6-10/h9,12H,4-8H2,1-3H3. The van der Waals surface area contributed by atoms with Crippen molar-refractivity contribution in [2.24, 2.45) is 5.41 Å². The van der Waals surface area contributed by atoms with E-state index in [1.165, 1.54) is 25.8 Å². The zero-order valence-corrected chi connectivity index (χ0v) is 9.40. The number of nitrogens with zero attached hydrogens (tertiary/aromatic N) is 1. The molecule has 0 N–H and O–H groups in total. The summed E-state index contributed by atoms with van der Waals surface area (Å²) in [5.74, 6) is 1.06. The summed E-state index contributed by atoms with van der Waals surface area (Å²) in [7, 11) is 2.23. The van der Waals surface area contributed by atoms with Gasteiger partial charge in [-0.25, -0.2) is 0 Å². The highest BCUT2D eigenvalue weighted by atomic mass is 32.1. The third-order valence-electron chi connectivity index (χ3n) is 3.22. The quantitative estimate of drug-likeness (QED) is 0.647. The van der Waals surface area contributed by atoms with Crippen LogP contribution in [0.15, 0.2) is 0 Å². The van der Waals surface area contributed by atoms with Crippen LogP contribution in [-0.2, 0) is 0 Å². The first-order valence-corrected chi connectivity index (χ1v) is 5.58. The van der Waals surface area contributed by atoms with Gasteiger partial charge in [-0.3, -0.25) is 0 Å². The van der Waals surface area contributed by atoms with E-state index in [0.717, 1.165) is 11.8 Å². The molecule has 1 fully saturated rings. The SMILES string of the molecule is CCC(C)N(C)CC1(CS)CC1. The lowest BCUT2D eigenvalue weighted by Crippen LogP contribution is -2.34. The second-order valence-corrected chi connectivity index (χ2v) is 4.65. The second kappa shape index (κ2) is 4.01. The number of hydrogen-bond acceptors (Lipinski definition) is 2. The third kappa shape index (κ3) is 2.40. The van der Waals surface area contributed by atoms with Crippen molar-refractivity contribution < 1.29 is 0 Å². The molecule has 0 aromatic heterocycles. The maximum Gasteiger partial charge on any atom is 0.00614 e. The van der Waals surface area contributed by atoms with Gasteiger partial charge in [-0.2, -0.15) is 12.6 Å². The van der Waals surface area contributed by atoms with E-state index in [9.17, 15) is 0 Å². The molecule has 1 saturated carbocycles. The van der Waals surface area contributed by atoms with E-state index < -0.39 is 0 Å². The maximum absolute atomic E-state index is 4.41. The Labute approximate surface area is 81.9 Å². The summed E-state index contributed by atoms with van der Waals surface area (Å²) in [5.41, 5.74) is 0.585. The monoisotopic (exact) mass is 187 g/mol. The van der Waals surface area contributed by atoms with Crippen LogP contribution in [0.1, 0.15) is 33.1 Å². The lowest BCUT2D eigenvalue weighted by Gasteiger charge is -2.27. The summed E-state index contributed by atoms with van der Waals surface area (Å²) in [6.07, 6.45) is 4.02. The Morgan fingerprint density at radius 3 is 2.42 bits per heavy atom. The summed E-state index contributed by atoms with van der Waals surface area (Å²) < 4.78 is 0. The van der Waals surface area contributed by atoms with E-state index >= 15 is 0 Å². The van der Waals surface area contributed by atoms with E-state index in [1.54, 1.807) is 0 Å². The molecular weight excluding hydrogens is 166 g/mol. The van der Waals surface area contributed by atoms with E-state index in [-0.39, 0.29) is 0 Å². The number of hydrogen-bond donors (Lipinski definition) is 1. The predicted octanol–water partition coefficient (Wildman–Crippen LogP) is 2.43. The molecule has 1 rings (SSSR count). The Hall–Kier alpha value is 0.310. The van der Waals surface area contributed by atoms with E-state index in [2.05, 4.69) is 38.4 Å². The Balaban J connectivity index is 2.30. The fraction of sp³-hybridized carbons (Fsp3) is 1.00. The molecule has 1 unspecified atom stereocenters. The van der Waals surface area contributed by atoms with Gasteiger partial charge in [0, 0.05) is 12.6 Å². The molecule has 1 nitrogen and oxygen atoms in total. The summed E-state index contributed by atoms with van der Waals surface area (Å²) in [5, 5.41) is 0. The highest BCUT2D eigenvalue weighted by Crippen LogP contribution is 2.47. The van der Waals surface area contributed by atoms with Crippen molar-refractivity contribution in [3.05, 3.63) is 0 Å². The van der Waals surface area contributed by atoms with Crippen LogP contribution in [0.5, 0.6) is 0 Å². The van der Waals surface area contributed by atoms with Crippen molar-refractivity contribution in [3.63, 3.8) is 0 Å². The van der Waals surface area contributed by atoms with Gasteiger partial charge in [-0.15, -0.1) is 0 Å². The molecule has 1 aliphatic carbocycles. The van der Waals surface area contributed by atoms with Crippen LogP contribution < -0.4 is 0 Å². The van der Waals surface area contributed by atoms with Gasteiger partial charge in [0.05, 0.1) is 0 Å². The zero-order valence-electron chi connectivity index (χ0n) is 8.51. The predicted molar refractivity (Wildman–Crippen MR) is 57.9 cm³/mol. The fourth-order valence-corrected chi connectivity index (χ4v) is 1.96. The van der Waals surface area contributed by atoms with Gasteiger partial charge in [0.25, 0.3) is 0 Å². The minimum absolute atomic E-state index is 0.585. The molecule has 0 amide bonds. The molecule has 0 aromatic carbocycles. The highest BCUT2D eigenvalue weighted by molar-refractivity contribution is 7.80. The molecule has 2 heteroatoms. The summed E-state index contributed by atoms with van der Waals surface area (Å²) in [6, 6.07) is 0.724. The number of thiol groups is 1. The maximum atomic E-state index is 4.41. The second-order valence-electron chi connectivity index (χ2n) is 4.33.